The predicted octanol–water partition coefficient (Wildman–Crippen LogP) is 2.11. The summed E-state index contributed by atoms with van der Waals surface area (Å²) in [6.07, 6.45) is 5.55. The van der Waals surface area contributed by atoms with Gasteiger partial charge in [-0.3, -0.25) is 0 Å². The molecule has 2 aromatic rings. The van der Waals surface area contributed by atoms with E-state index in [-0.39, 0.29) is 0 Å². The smallest absolute Gasteiger partial charge is 0.179 e. The first-order valence-electron chi connectivity index (χ1n) is 3.47. The number of hydrogen-bond acceptors (Lipinski definition) is 2. The Morgan fingerprint density at radius 3 is 3.17 bits per heavy atom. The Kier molecular flexibility index (Phi) is 1.77. The third-order valence-electron chi connectivity index (χ3n) is 1.64. The highest BCUT2D eigenvalue weighted by Gasteiger charge is 2.02. The van der Waals surface area contributed by atoms with Gasteiger partial charge in [0.25, 0.3) is 0 Å². The van der Waals surface area contributed by atoms with Gasteiger partial charge in [-0.05, 0) is 22.0 Å². The second-order valence-corrected chi connectivity index (χ2v) is 3.30. The highest BCUT2D eigenvalue weighted by atomic mass is 79.9. The van der Waals surface area contributed by atoms with Gasteiger partial charge in [0.2, 0.25) is 0 Å². The number of methoxy groups -OCH3 is 1. The largest absolute Gasteiger partial charge is 0.493 e. The van der Waals surface area contributed by atoms with Crippen molar-refractivity contribution < 1.29 is 4.74 Å². The topological polar surface area (TPSA) is 26.5 Å². The molecule has 0 saturated carbocycles. The van der Waals surface area contributed by atoms with Crippen LogP contribution in [0.5, 0.6) is 5.75 Å². The number of hydrogen-bond donors (Lipinski definition) is 0. The zero-order valence-corrected chi connectivity index (χ0v) is 8.08. The van der Waals surface area contributed by atoms with Crippen LogP contribution < -0.4 is 4.74 Å². The highest BCUT2D eigenvalue weighted by Crippen LogP contribution is 2.22. The second kappa shape index (κ2) is 2.79. The summed E-state index contributed by atoms with van der Waals surface area (Å²) in [6, 6.07) is 1.89. The second-order valence-electron chi connectivity index (χ2n) is 2.38. The van der Waals surface area contributed by atoms with E-state index >= 15 is 0 Å². The van der Waals surface area contributed by atoms with E-state index in [0.717, 1.165) is 15.9 Å². The Labute approximate surface area is 78.1 Å². The fourth-order valence-corrected chi connectivity index (χ4v) is 1.55. The monoisotopic (exact) mass is 226 g/mol. The van der Waals surface area contributed by atoms with E-state index in [0.29, 0.717) is 0 Å². The summed E-state index contributed by atoms with van der Waals surface area (Å²) < 4.78 is 8.04. The van der Waals surface area contributed by atoms with Gasteiger partial charge in [0.1, 0.15) is 0 Å². The van der Waals surface area contributed by atoms with Crippen LogP contribution in [0.3, 0.4) is 0 Å². The number of nitrogens with zero attached hydrogens (tertiary/aromatic N) is 2. The molecule has 0 aromatic carbocycles. The third-order valence-corrected chi connectivity index (χ3v) is 2.07. The number of rotatable bonds is 1. The number of ether oxygens (including phenoxy) is 1. The van der Waals surface area contributed by atoms with Crippen LogP contribution in [0.4, 0.5) is 0 Å². The summed E-state index contributed by atoms with van der Waals surface area (Å²) in [7, 11) is 1.64. The molecule has 2 aromatic heterocycles. The SMILES string of the molecule is COc1cc(Br)cn2ccnc12. The first kappa shape index (κ1) is 7.61. The lowest BCUT2D eigenvalue weighted by Crippen LogP contribution is -1.89. The van der Waals surface area contributed by atoms with E-state index in [1.165, 1.54) is 0 Å². The van der Waals surface area contributed by atoms with E-state index in [4.69, 9.17) is 4.74 Å². The maximum absolute atomic E-state index is 5.15. The van der Waals surface area contributed by atoms with Crippen molar-refractivity contribution in [2.24, 2.45) is 0 Å². The van der Waals surface area contributed by atoms with Crippen molar-refractivity contribution in [3.63, 3.8) is 0 Å². The minimum Gasteiger partial charge on any atom is -0.493 e. The van der Waals surface area contributed by atoms with Crippen molar-refractivity contribution >= 4 is 21.6 Å². The predicted molar refractivity (Wildman–Crippen MR) is 49.4 cm³/mol. The van der Waals surface area contributed by atoms with Gasteiger partial charge in [0.05, 0.1) is 7.11 Å². The van der Waals surface area contributed by atoms with Crippen molar-refractivity contribution in [3.05, 3.63) is 29.1 Å². The number of fused-ring (bicyclic) bond motifs is 1. The van der Waals surface area contributed by atoms with E-state index in [9.17, 15) is 0 Å². The van der Waals surface area contributed by atoms with Crippen LogP contribution in [-0.2, 0) is 0 Å². The van der Waals surface area contributed by atoms with Gasteiger partial charge >= 0.3 is 0 Å². The summed E-state index contributed by atoms with van der Waals surface area (Å²) in [4.78, 5) is 4.15. The molecule has 0 fully saturated rings. The molecule has 0 bridgehead atoms. The summed E-state index contributed by atoms with van der Waals surface area (Å²) >= 11 is 3.38. The normalized spacial score (nSPS) is 10.5. The average molecular weight is 227 g/mol. The molecule has 0 atom stereocenters. The van der Waals surface area contributed by atoms with Gasteiger partial charge in [-0.2, -0.15) is 0 Å². The van der Waals surface area contributed by atoms with Crippen molar-refractivity contribution in [3.8, 4) is 5.75 Å². The summed E-state index contributed by atoms with van der Waals surface area (Å²) in [5, 5.41) is 0. The first-order valence-corrected chi connectivity index (χ1v) is 4.27. The molecule has 0 amide bonds. The molecule has 62 valence electrons. The molecule has 2 heterocycles. The number of pyridine rings is 1. The van der Waals surface area contributed by atoms with E-state index in [1.54, 1.807) is 13.3 Å². The van der Waals surface area contributed by atoms with Crippen molar-refractivity contribution in [2.75, 3.05) is 7.11 Å². The lowest BCUT2D eigenvalue weighted by atomic mass is 10.4. The van der Waals surface area contributed by atoms with E-state index < -0.39 is 0 Å². The van der Waals surface area contributed by atoms with Gasteiger partial charge in [0, 0.05) is 23.1 Å². The Balaban J connectivity index is 2.80. The number of imidazole rings is 1. The van der Waals surface area contributed by atoms with Crippen LogP contribution in [0.25, 0.3) is 5.65 Å². The zero-order valence-electron chi connectivity index (χ0n) is 6.49. The summed E-state index contributed by atoms with van der Waals surface area (Å²) in [6.45, 7) is 0. The first-order chi connectivity index (χ1) is 5.81. The molecule has 0 radical (unpaired) electrons. The molecule has 0 unspecified atom stereocenters. The maximum Gasteiger partial charge on any atom is 0.179 e. The van der Waals surface area contributed by atoms with Crippen LogP contribution in [0, 0.1) is 0 Å². The molecule has 0 saturated heterocycles. The van der Waals surface area contributed by atoms with E-state index in [1.807, 2.05) is 22.9 Å². The Bertz CT molecular complexity index is 410. The fourth-order valence-electron chi connectivity index (χ4n) is 1.12. The fraction of sp³-hybridized carbons (Fsp3) is 0.125. The van der Waals surface area contributed by atoms with Crippen LogP contribution in [0.1, 0.15) is 0 Å². The van der Waals surface area contributed by atoms with Gasteiger partial charge < -0.3 is 9.14 Å². The highest BCUT2D eigenvalue weighted by molar-refractivity contribution is 9.10. The summed E-state index contributed by atoms with van der Waals surface area (Å²) in [5.41, 5.74) is 0.834. The molecule has 0 N–H and O–H groups in total. The lowest BCUT2D eigenvalue weighted by molar-refractivity contribution is 0.416. The average Bonchev–Trinajstić information content (AvgIpc) is 2.50. The minimum atomic E-state index is 0.773. The minimum absolute atomic E-state index is 0.773. The molecule has 3 nitrogen and oxygen atoms in total. The number of halogens is 1. The van der Waals surface area contributed by atoms with Crippen LogP contribution in [0.2, 0.25) is 0 Å². The van der Waals surface area contributed by atoms with Crippen LogP contribution >= 0.6 is 15.9 Å². The van der Waals surface area contributed by atoms with Gasteiger partial charge in [-0.25, -0.2) is 4.98 Å². The van der Waals surface area contributed by atoms with Crippen molar-refractivity contribution in [1.82, 2.24) is 9.38 Å². The summed E-state index contributed by atoms with van der Waals surface area (Å²) in [5.74, 6) is 0.773. The molecule has 0 aliphatic heterocycles. The Morgan fingerprint density at radius 2 is 2.42 bits per heavy atom. The Hall–Kier alpha value is -1.03. The van der Waals surface area contributed by atoms with E-state index in [2.05, 4.69) is 20.9 Å². The van der Waals surface area contributed by atoms with Gasteiger partial charge in [0.15, 0.2) is 11.4 Å². The quantitative estimate of drug-likeness (QED) is 0.745. The number of aromatic nitrogens is 2. The Morgan fingerprint density at radius 1 is 1.58 bits per heavy atom. The third kappa shape index (κ3) is 1.08. The molecule has 0 spiro atoms. The van der Waals surface area contributed by atoms with Crippen molar-refractivity contribution in [2.45, 2.75) is 0 Å². The molecule has 2 rings (SSSR count). The lowest BCUT2D eigenvalue weighted by Gasteiger charge is -2.02. The zero-order chi connectivity index (χ0) is 8.55. The molecule has 4 heteroatoms. The van der Waals surface area contributed by atoms with Gasteiger partial charge in [-0.1, -0.05) is 0 Å². The van der Waals surface area contributed by atoms with Crippen LogP contribution in [-0.4, -0.2) is 16.5 Å². The van der Waals surface area contributed by atoms with Crippen molar-refractivity contribution in [1.29, 1.82) is 0 Å². The molecule has 12 heavy (non-hydrogen) atoms. The van der Waals surface area contributed by atoms with Gasteiger partial charge in [-0.15, -0.1) is 0 Å². The maximum atomic E-state index is 5.15. The molecule has 0 aliphatic rings. The standard InChI is InChI=1S/C8H7BrN2O/c1-12-7-4-6(9)5-11-3-2-10-8(7)11/h2-5H,1H3. The molecular weight excluding hydrogens is 220 g/mol. The molecule has 0 aliphatic carbocycles. The molecular formula is C8H7BrN2O. The van der Waals surface area contributed by atoms with Crippen LogP contribution in [0.15, 0.2) is 29.1 Å².